The molecule has 0 saturated carbocycles. The van der Waals surface area contributed by atoms with Gasteiger partial charge in [0.05, 0.1) is 16.6 Å². The van der Waals surface area contributed by atoms with E-state index in [4.69, 9.17) is 5.73 Å². The summed E-state index contributed by atoms with van der Waals surface area (Å²) in [7, 11) is 0. The number of allylic oxidation sites excluding steroid dienone is 2. The zero-order valence-electron chi connectivity index (χ0n) is 24.4. The summed E-state index contributed by atoms with van der Waals surface area (Å²) in [5.41, 5.74) is 15.4. The maximum atomic E-state index is 5.85. The van der Waals surface area contributed by atoms with Gasteiger partial charge >= 0.3 is 0 Å². The molecule has 44 heavy (non-hydrogen) atoms. The van der Waals surface area contributed by atoms with Gasteiger partial charge in [0, 0.05) is 38.8 Å². The van der Waals surface area contributed by atoms with Crippen LogP contribution in [0, 0.1) is 0 Å². The Morgan fingerprint density at radius 3 is 1.98 bits per heavy atom. The fourth-order valence-corrected chi connectivity index (χ4v) is 6.07. The standard InChI is InChI=1S/C30H20N2.C11H13N/c1-2-8-20(9-3-1)21-14-16-22(17-15-21)32-27-13-7-5-11-25(27)29-28(32)19-18-24-23-10-4-6-12-26(23)31-30(24)29;1-2-3-9-11(12)10-7-5-4-6-8-10/h1-19,31H;2-9,11H,1,12H2/b;9-3-. The number of fused-ring (bicyclic) bond motifs is 7. The van der Waals surface area contributed by atoms with Crippen LogP contribution in [0.25, 0.3) is 60.4 Å². The molecule has 8 aromatic rings. The molecule has 6 aromatic carbocycles. The van der Waals surface area contributed by atoms with Gasteiger partial charge in [-0.05, 0) is 47.0 Å². The van der Waals surface area contributed by atoms with Gasteiger partial charge in [-0.3, -0.25) is 0 Å². The Morgan fingerprint density at radius 2 is 1.23 bits per heavy atom. The van der Waals surface area contributed by atoms with Crippen LogP contribution in [0.5, 0.6) is 0 Å². The van der Waals surface area contributed by atoms with E-state index in [1.165, 1.54) is 60.4 Å². The summed E-state index contributed by atoms with van der Waals surface area (Å²) in [6.07, 6.45) is 5.50. The van der Waals surface area contributed by atoms with Crippen molar-refractivity contribution in [1.82, 2.24) is 9.55 Å². The molecule has 0 spiro atoms. The van der Waals surface area contributed by atoms with Gasteiger partial charge in [0.25, 0.3) is 0 Å². The van der Waals surface area contributed by atoms with Gasteiger partial charge in [-0.25, -0.2) is 0 Å². The zero-order valence-corrected chi connectivity index (χ0v) is 24.4. The van der Waals surface area contributed by atoms with Gasteiger partial charge in [0.15, 0.2) is 0 Å². The molecule has 3 nitrogen and oxygen atoms in total. The number of aromatic amines is 1. The molecule has 8 rings (SSSR count). The fourth-order valence-electron chi connectivity index (χ4n) is 6.07. The van der Waals surface area contributed by atoms with Crippen LogP contribution in [0.3, 0.4) is 0 Å². The molecule has 3 heteroatoms. The van der Waals surface area contributed by atoms with Crippen LogP contribution in [0.15, 0.2) is 170 Å². The second-order valence-electron chi connectivity index (χ2n) is 10.9. The monoisotopic (exact) mass is 567 g/mol. The van der Waals surface area contributed by atoms with Gasteiger partial charge in [0.1, 0.15) is 0 Å². The van der Waals surface area contributed by atoms with E-state index >= 15 is 0 Å². The third-order valence-corrected chi connectivity index (χ3v) is 8.19. The molecule has 0 aliphatic heterocycles. The van der Waals surface area contributed by atoms with Gasteiger partial charge < -0.3 is 15.3 Å². The number of nitrogens with zero attached hydrogens (tertiary/aromatic N) is 1. The Morgan fingerprint density at radius 1 is 0.591 bits per heavy atom. The van der Waals surface area contributed by atoms with Crippen molar-refractivity contribution in [2.45, 2.75) is 6.04 Å². The summed E-state index contributed by atoms with van der Waals surface area (Å²) < 4.78 is 2.38. The van der Waals surface area contributed by atoms with Crippen molar-refractivity contribution in [3.63, 3.8) is 0 Å². The maximum Gasteiger partial charge on any atom is 0.0566 e. The van der Waals surface area contributed by atoms with Crippen LogP contribution in [0.2, 0.25) is 0 Å². The minimum Gasteiger partial charge on any atom is -0.354 e. The first-order chi connectivity index (χ1) is 21.7. The van der Waals surface area contributed by atoms with E-state index in [0.29, 0.717) is 0 Å². The van der Waals surface area contributed by atoms with Gasteiger partial charge in [0.2, 0.25) is 0 Å². The predicted octanol–water partition coefficient (Wildman–Crippen LogP) is 10.5. The molecule has 2 heterocycles. The summed E-state index contributed by atoms with van der Waals surface area (Å²) in [6.45, 7) is 3.58. The quantitative estimate of drug-likeness (QED) is 0.200. The second-order valence-corrected chi connectivity index (χ2v) is 10.9. The van der Waals surface area contributed by atoms with Crippen molar-refractivity contribution in [3.05, 3.63) is 176 Å². The van der Waals surface area contributed by atoms with Crippen LogP contribution in [-0.4, -0.2) is 9.55 Å². The Labute approximate surface area is 257 Å². The topological polar surface area (TPSA) is 46.7 Å². The fraction of sp³-hybridized carbons (Fsp3) is 0.0244. The van der Waals surface area contributed by atoms with E-state index < -0.39 is 0 Å². The van der Waals surface area contributed by atoms with Crippen LogP contribution in [0.1, 0.15) is 11.6 Å². The number of hydrogen-bond donors (Lipinski definition) is 2. The molecule has 1 atom stereocenters. The van der Waals surface area contributed by atoms with E-state index in [0.717, 1.165) is 5.56 Å². The average molecular weight is 568 g/mol. The highest BCUT2D eigenvalue weighted by atomic mass is 15.0. The molecule has 0 radical (unpaired) electrons. The van der Waals surface area contributed by atoms with Crippen LogP contribution in [0.4, 0.5) is 0 Å². The maximum absolute atomic E-state index is 5.85. The smallest absolute Gasteiger partial charge is 0.0566 e. The molecule has 212 valence electrons. The Hall–Kier alpha value is -5.64. The molecule has 0 amide bonds. The van der Waals surface area contributed by atoms with Crippen molar-refractivity contribution < 1.29 is 0 Å². The highest BCUT2D eigenvalue weighted by Gasteiger charge is 2.16. The molecule has 0 bridgehead atoms. The lowest BCUT2D eigenvalue weighted by molar-refractivity contribution is 0.911. The van der Waals surface area contributed by atoms with Gasteiger partial charge in [-0.15, -0.1) is 0 Å². The van der Waals surface area contributed by atoms with Crippen molar-refractivity contribution in [2.75, 3.05) is 0 Å². The molecule has 3 N–H and O–H groups in total. The first kappa shape index (κ1) is 27.2. The molecule has 2 aromatic heterocycles. The SMILES string of the molecule is C=C/C=C\C(N)c1ccccc1.c1ccc(-c2ccc(-n3c4ccccc4c4c5[nH]c6ccccc6c5ccc43)cc2)cc1. The molecular weight excluding hydrogens is 534 g/mol. The molecule has 0 saturated heterocycles. The van der Waals surface area contributed by atoms with E-state index in [2.05, 4.69) is 131 Å². The van der Waals surface area contributed by atoms with Gasteiger partial charge in [-0.1, -0.05) is 140 Å². The van der Waals surface area contributed by atoms with Crippen LogP contribution < -0.4 is 5.73 Å². The Kier molecular flexibility index (Phi) is 7.37. The third-order valence-electron chi connectivity index (χ3n) is 8.19. The van der Waals surface area contributed by atoms with Crippen molar-refractivity contribution in [2.24, 2.45) is 5.73 Å². The summed E-state index contributed by atoms with van der Waals surface area (Å²) in [4.78, 5) is 3.70. The number of H-pyrrole nitrogens is 1. The van der Waals surface area contributed by atoms with Crippen LogP contribution >= 0.6 is 0 Å². The minimum atomic E-state index is -0.0239. The second kappa shape index (κ2) is 11.9. The van der Waals surface area contributed by atoms with E-state index in [-0.39, 0.29) is 6.04 Å². The Balaban J connectivity index is 0.000000221. The third kappa shape index (κ3) is 5.00. The first-order valence-corrected chi connectivity index (χ1v) is 14.9. The number of benzene rings is 6. The first-order valence-electron chi connectivity index (χ1n) is 14.9. The lowest BCUT2D eigenvalue weighted by Gasteiger charge is -2.09. The summed E-state index contributed by atoms with van der Waals surface area (Å²) >= 11 is 0. The number of nitrogens with one attached hydrogen (secondary N) is 1. The summed E-state index contributed by atoms with van der Waals surface area (Å²) in [5.74, 6) is 0. The Bertz CT molecular complexity index is 2240. The van der Waals surface area contributed by atoms with Crippen molar-refractivity contribution >= 4 is 43.6 Å². The van der Waals surface area contributed by atoms with E-state index in [9.17, 15) is 0 Å². The molecular formula is C41H33N3. The molecule has 0 aliphatic rings. The minimum absolute atomic E-state index is 0.0239. The molecule has 0 aliphatic carbocycles. The lowest BCUT2D eigenvalue weighted by atomic mass is 10.1. The zero-order chi connectivity index (χ0) is 29.9. The molecule has 0 fully saturated rings. The summed E-state index contributed by atoms with van der Waals surface area (Å²) in [6, 6.07) is 51.1. The number of aromatic nitrogens is 2. The van der Waals surface area contributed by atoms with Crippen molar-refractivity contribution in [1.29, 1.82) is 0 Å². The number of rotatable bonds is 5. The van der Waals surface area contributed by atoms with E-state index in [1.807, 2.05) is 42.5 Å². The van der Waals surface area contributed by atoms with Crippen molar-refractivity contribution in [3.8, 4) is 16.8 Å². The lowest BCUT2D eigenvalue weighted by Crippen LogP contribution is -2.05. The largest absolute Gasteiger partial charge is 0.354 e. The normalized spacial score (nSPS) is 12.1. The average Bonchev–Trinajstić information content (AvgIpc) is 3.64. The summed E-state index contributed by atoms with van der Waals surface area (Å²) in [5, 5.41) is 5.09. The number of para-hydroxylation sites is 2. The van der Waals surface area contributed by atoms with Crippen LogP contribution in [-0.2, 0) is 0 Å². The van der Waals surface area contributed by atoms with E-state index in [1.54, 1.807) is 6.08 Å². The highest BCUT2D eigenvalue weighted by molar-refractivity contribution is 6.25. The van der Waals surface area contributed by atoms with Gasteiger partial charge in [-0.2, -0.15) is 0 Å². The number of hydrogen-bond acceptors (Lipinski definition) is 1. The predicted molar refractivity (Wildman–Crippen MR) is 188 cm³/mol. The highest BCUT2D eigenvalue weighted by Crippen LogP contribution is 2.39. The number of nitrogens with two attached hydrogens (primary N) is 1. The molecule has 1 unspecified atom stereocenters.